The highest BCUT2D eigenvalue weighted by Gasteiger charge is 2.36. The summed E-state index contributed by atoms with van der Waals surface area (Å²) in [6, 6.07) is 20.8. The SMILES string of the molecule is C#CCC1(N=C(c2ccccc2)c2ccccc2)CCN(C)C1. The van der Waals surface area contributed by atoms with E-state index in [1.165, 1.54) is 0 Å². The van der Waals surface area contributed by atoms with Gasteiger partial charge in [-0.05, 0) is 13.5 Å². The second-order valence-corrected chi connectivity index (χ2v) is 6.29. The summed E-state index contributed by atoms with van der Waals surface area (Å²) in [5.74, 6) is 2.85. The molecule has 0 saturated carbocycles. The Bertz CT molecular complexity index is 671. The van der Waals surface area contributed by atoms with Gasteiger partial charge in [-0.15, -0.1) is 12.3 Å². The number of terminal acetylenes is 1. The molecule has 1 aliphatic heterocycles. The highest BCUT2D eigenvalue weighted by atomic mass is 15.2. The molecule has 1 aliphatic rings. The summed E-state index contributed by atoms with van der Waals surface area (Å²) in [7, 11) is 2.14. The van der Waals surface area contributed by atoms with Crippen LogP contribution in [0.2, 0.25) is 0 Å². The normalized spacial score (nSPS) is 20.9. The van der Waals surface area contributed by atoms with Crippen LogP contribution in [0, 0.1) is 12.3 Å². The summed E-state index contributed by atoms with van der Waals surface area (Å²) in [6.45, 7) is 1.96. The first kappa shape index (κ1) is 15.5. The predicted molar refractivity (Wildman–Crippen MR) is 96.8 cm³/mol. The molecule has 0 spiro atoms. The molecule has 23 heavy (non-hydrogen) atoms. The summed E-state index contributed by atoms with van der Waals surface area (Å²) in [6.07, 6.45) is 7.35. The maximum Gasteiger partial charge on any atom is 0.0862 e. The summed E-state index contributed by atoms with van der Waals surface area (Å²) in [5, 5.41) is 0. The quantitative estimate of drug-likeness (QED) is 0.622. The number of hydrogen-bond acceptors (Lipinski definition) is 2. The van der Waals surface area contributed by atoms with E-state index in [1.807, 2.05) is 12.1 Å². The van der Waals surface area contributed by atoms with Crippen molar-refractivity contribution in [3.8, 4) is 12.3 Å². The van der Waals surface area contributed by atoms with Crippen LogP contribution in [0.15, 0.2) is 65.7 Å². The first-order valence-electron chi connectivity index (χ1n) is 8.05. The van der Waals surface area contributed by atoms with Crippen molar-refractivity contribution in [2.45, 2.75) is 18.4 Å². The van der Waals surface area contributed by atoms with Gasteiger partial charge in [0.15, 0.2) is 0 Å². The van der Waals surface area contributed by atoms with Crippen LogP contribution in [0.5, 0.6) is 0 Å². The van der Waals surface area contributed by atoms with E-state index < -0.39 is 0 Å². The molecule has 0 aliphatic carbocycles. The van der Waals surface area contributed by atoms with Gasteiger partial charge in [-0.3, -0.25) is 4.99 Å². The van der Waals surface area contributed by atoms with Crippen LogP contribution in [0.3, 0.4) is 0 Å². The largest absolute Gasteiger partial charge is 0.304 e. The lowest BCUT2D eigenvalue weighted by atomic mass is 9.93. The van der Waals surface area contributed by atoms with Crippen molar-refractivity contribution in [2.24, 2.45) is 4.99 Å². The number of nitrogens with zero attached hydrogens (tertiary/aromatic N) is 2. The second kappa shape index (κ2) is 6.81. The fourth-order valence-electron chi connectivity index (χ4n) is 3.25. The lowest BCUT2D eigenvalue weighted by Gasteiger charge is -2.24. The second-order valence-electron chi connectivity index (χ2n) is 6.29. The van der Waals surface area contributed by atoms with Gasteiger partial charge in [-0.1, -0.05) is 60.7 Å². The maximum atomic E-state index is 5.65. The van der Waals surface area contributed by atoms with E-state index >= 15 is 0 Å². The van der Waals surface area contributed by atoms with Crippen molar-refractivity contribution in [1.29, 1.82) is 0 Å². The highest BCUT2D eigenvalue weighted by Crippen LogP contribution is 2.30. The molecule has 1 fully saturated rings. The average Bonchev–Trinajstić information content (AvgIpc) is 2.96. The molecule has 0 radical (unpaired) electrons. The predicted octanol–water partition coefficient (Wildman–Crippen LogP) is 3.62. The topological polar surface area (TPSA) is 15.6 Å². The zero-order chi connectivity index (χ0) is 16.1. The Balaban J connectivity index is 2.09. The molecule has 2 aromatic rings. The average molecular weight is 302 g/mol. The molecule has 2 heteroatoms. The Labute approximate surface area is 138 Å². The first-order valence-corrected chi connectivity index (χ1v) is 8.05. The van der Waals surface area contributed by atoms with Crippen molar-refractivity contribution in [3.63, 3.8) is 0 Å². The lowest BCUT2D eigenvalue weighted by molar-refractivity contribution is 0.373. The standard InChI is InChI=1S/C21H22N2/c1-3-14-21(15-16-23(2)17-21)22-20(18-10-6-4-7-11-18)19-12-8-5-9-13-19/h1,4-13H,14-17H2,2H3. The van der Waals surface area contributed by atoms with Gasteiger partial charge < -0.3 is 4.90 Å². The molecule has 0 N–H and O–H groups in total. The van der Waals surface area contributed by atoms with E-state index in [-0.39, 0.29) is 5.54 Å². The maximum absolute atomic E-state index is 5.65. The van der Waals surface area contributed by atoms with Gasteiger partial charge in [0.05, 0.1) is 11.3 Å². The minimum absolute atomic E-state index is 0.176. The molecule has 1 heterocycles. The molecule has 0 aromatic heterocycles. The van der Waals surface area contributed by atoms with E-state index in [0.717, 1.165) is 36.3 Å². The monoisotopic (exact) mass is 302 g/mol. The molecule has 0 amide bonds. The van der Waals surface area contributed by atoms with Crippen LogP contribution < -0.4 is 0 Å². The Morgan fingerprint density at radius 3 is 2.09 bits per heavy atom. The fraction of sp³-hybridized carbons (Fsp3) is 0.286. The molecule has 116 valence electrons. The molecule has 2 aromatic carbocycles. The van der Waals surface area contributed by atoms with Crippen LogP contribution >= 0.6 is 0 Å². The summed E-state index contributed by atoms with van der Waals surface area (Å²) >= 11 is 0. The minimum Gasteiger partial charge on any atom is -0.304 e. The van der Waals surface area contributed by atoms with Gasteiger partial charge in [-0.25, -0.2) is 0 Å². The van der Waals surface area contributed by atoms with Gasteiger partial charge >= 0.3 is 0 Å². The van der Waals surface area contributed by atoms with Crippen LogP contribution in [-0.4, -0.2) is 36.3 Å². The number of hydrogen-bond donors (Lipinski definition) is 0. The molecule has 3 rings (SSSR count). The van der Waals surface area contributed by atoms with Gasteiger partial charge in [0.1, 0.15) is 0 Å². The van der Waals surface area contributed by atoms with E-state index in [9.17, 15) is 0 Å². The smallest absolute Gasteiger partial charge is 0.0862 e. The molecule has 1 atom stereocenters. The van der Waals surface area contributed by atoms with Crippen LogP contribution in [0.4, 0.5) is 0 Å². The number of likely N-dealkylation sites (tertiary alicyclic amines) is 1. The highest BCUT2D eigenvalue weighted by molar-refractivity contribution is 6.13. The van der Waals surface area contributed by atoms with E-state index in [1.54, 1.807) is 0 Å². The summed E-state index contributed by atoms with van der Waals surface area (Å²) < 4.78 is 0. The van der Waals surface area contributed by atoms with Crippen molar-refractivity contribution in [3.05, 3.63) is 71.8 Å². The Morgan fingerprint density at radius 1 is 1.09 bits per heavy atom. The molecule has 2 nitrogen and oxygen atoms in total. The summed E-state index contributed by atoms with van der Waals surface area (Å²) in [5.41, 5.74) is 3.15. The zero-order valence-corrected chi connectivity index (χ0v) is 13.6. The van der Waals surface area contributed by atoms with Crippen molar-refractivity contribution in [2.75, 3.05) is 20.1 Å². The third-order valence-electron chi connectivity index (χ3n) is 4.40. The number of rotatable bonds is 4. The third-order valence-corrected chi connectivity index (χ3v) is 4.40. The molecule has 1 saturated heterocycles. The van der Waals surface area contributed by atoms with Gasteiger partial charge in [0.25, 0.3) is 0 Å². The number of benzene rings is 2. The first-order chi connectivity index (χ1) is 11.2. The van der Waals surface area contributed by atoms with Crippen molar-refractivity contribution in [1.82, 2.24) is 4.90 Å². The third kappa shape index (κ3) is 3.52. The Morgan fingerprint density at radius 2 is 1.65 bits per heavy atom. The molecular weight excluding hydrogens is 280 g/mol. The lowest BCUT2D eigenvalue weighted by Crippen LogP contribution is -2.31. The fourth-order valence-corrected chi connectivity index (χ4v) is 3.25. The molecule has 0 bridgehead atoms. The van der Waals surface area contributed by atoms with Gasteiger partial charge in [0, 0.05) is 30.6 Å². The van der Waals surface area contributed by atoms with Crippen LogP contribution in [0.1, 0.15) is 24.0 Å². The summed E-state index contributed by atoms with van der Waals surface area (Å²) in [4.78, 5) is 7.53. The number of likely N-dealkylation sites (N-methyl/N-ethyl adjacent to an activating group) is 1. The minimum atomic E-state index is -0.176. The van der Waals surface area contributed by atoms with Gasteiger partial charge in [-0.2, -0.15) is 0 Å². The van der Waals surface area contributed by atoms with Crippen molar-refractivity contribution < 1.29 is 0 Å². The van der Waals surface area contributed by atoms with E-state index in [0.29, 0.717) is 6.42 Å². The van der Waals surface area contributed by atoms with Crippen LogP contribution in [0.25, 0.3) is 0 Å². The van der Waals surface area contributed by atoms with E-state index in [4.69, 9.17) is 11.4 Å². The number of aliphatic imine (C=N–C) groups is 1. The van der Waals surface area contributed by atoms with Crippen molar-refractivity contribution >= 4 is 5.71 Å². The molecule has 1 unspecified atom stereocenters. The van der Waals surface area contributed by atoms with Gasteiger partial charge in [0.2, 0.25) is 0 Å². The Kier molecular flexibility index (Phi) is 4.60. The van der Waals surface area contributed by atoms with Crippen LogP contribution in [-0.2, 0) is 0 Å². The molecular formula is C21H22N2. The Hall–Kier alpha value is -2.37. The van der Waals surface area contributed by atoms with E-state index in [2.05, 4.69) is 66.4 Å². The zero-order valence-electron chi connectivity index (χ0n) is 13.6.